The van der Waals surface area contributed by atoms with Crippen molar-refractivity contribution >= 4 is 23.1 Å². The van der Waals surface area contributed by atoms with Crippen LogP contribution in [0.5, 0.6) is 11.5 Å². The fourth-order valence-electron chi connectivity index (χ4n) is 2.54. The van der Waals surface area contributed by atoms with Crippen molar-refractivity contribution in [2.75, 3.05) is 0 Å². The molecular formula is C18H11ClN2O6. The van der Waals surface area contributed by atoms with Gasteiger partial charge in [-0.25, -0.2) is 0 Å². The summed E-state index contributed by atoms with van der Waals surface area (Å²) in [5, 5.41) is 30.9. The Bertz CT molecular complexity index is 1140. The summed E-state index contributed by atoms with van der Waals surface area (Å²) in [7, 11) is 0. The maximum atomic E-state index is 12.7. The van der Waals surface area contributed by atoms with Crippen LogP contribution in [-0.4, -0.2) is 25.5 Å². The second-order valence-electron chi connectivity index (χ2n) is 5.52. The smallest absolute Gasteiger partial charge is 0.352 e. The average Bonchev–Trinajstić information content (AvgIpc) is 2.61. The van der Waals surface area contributed by atoms with E-state index < -0.39 is 33.5 Å². The number of nitro benzene ring substituents is 1. The van der Waals surface area contributed by atoms with Gasteiger partial charge in [0.05, 0.1) is 16.2 Å². The van der Waals surface area contributed by atoms with Gasteiger partial charge in [0.25, 0.3) is 5.56 Å². The van der Waals surface area contributed by atoms with E-state index in [1.54, 1.807) is 18.2 Å². The van der Waals surface area contributed by atoms with Crippen molar-refractivity contribution in [3.63, 3.8) is 0 Å². The zero-order valence-corrected chi connectivity index (χ0v) is 14.3. The normalized spacial score (nSPS) is 10.6. The number of nitrogens with zero attached hydrogens (tertiary/aromatic N) is 2. The summed E-state index contributed by atoms with van der Waals surface area (Å²) >= 11 is 5.93. The Labute approximate surface area is 156 Å². The number of phenols is 2. The molecule has 0 aliphatic carbocycles. The van der Waals surface area contributed by atoms with Gasteiger partial charge in [-0.05, 0) is 36.4 Å². The van der Waals surface area contributed by atoms with Crippen molar-refractivity contribution in [1.82, 2.24) is 4.57 Å². The zero-order chi connectivity index (χ0) is 19.7. The lowest BCUT2D eigenvalue weighted by Gasteiger charge is -2.09. The van der Waals surface area contributed by atoms with Crippen LogP contribution < -0.4 is 5.56 Å². The molecule has 1 heterocycles. The van der Waals surface area contributed by atoms with Crippen LogP contribution in [0.2, 0.25) is 5.02 Å². The molecule has 2 aromatic carbocycles. The molecule has 0 amide bonds. The molecule has 8 nitrogen and oxygen atoms in total. The summed E-state index contributed by atoms with van der Waals surface area (Å²) in [5.74, 6) is -2.48. The molecule has 0 saturated heterocycles. The number of hydrogen-bond acceptors (Lipinski definition) is 6. The molecule has 0 bridgehead atoms. The molecule has 27 heavy (non-hydrogen) atoms. The molecule has 0 saturated carbocycles. The van der Waals surface area contributed by atoms with E-state index in [2.05, 4.69) is 0 Å². The third-order valence-electron chi connectivity index (χ3n) is 3.82. The number of aromatic nitrogens is 1. The number of phenolic OH excluding ortho intramolecular Hbond substituents is 2. The number of pyridine rings is 1. The van der Waals surface area contributed by atoms with Gasteiger partial charge >= 0.3 is 5.69 Å². The number of nitro groups is 1. The highest BCUT2D eigenvalue weighted by atomic mass is 35.5. The molecule has 9 heteroatoms. The van der Waals surface area contributed by atoms with Crippen LogP contribution in [0, 0.1) is 10.1 Å². The maximum Gasteiger partial charge on any atom is 0.352 e. The first-order chi connectivity index (χ1) is 12.8. The van der Waals surface area contributed by atoms with Crippen molar-refractivity contribution in [3.05, 3.63) is 91.3 Å². The summed E-state index contributed by atoms with van der Waals surface area (Å²) in [5.41, 5.74) is -1.34. The first-order valence-corrected chi connectivity index (χ1v) is 7.90. The molecule has 0 aliphatic rings. The molecule has 2 N–H and O–H groups in total. The van der Waals surface area contributed by atoms with Crippen LogP contribution in [0.3, 0.4) is 0 Å². The number of carbonyl (C=O) groups is 1. The minimum atomic E-state index is -0.992. The lowest BCUT2D eigenvalue weighted by molar-refractivity contribution is -0.386. The van der Waals surface area contributed by atoms with Gasteiger partial charge in [-0.2, -0.15) is 0 Å². The van der Waals surface area contributed by atoms with Gasteiger partial charge < -0.3 is 10.2 Å². The third kappa shape index (κ3) is 3.38. The third-order valence-corrected chi connectivity index (χ3v) is 4.05. The Morgan fingerprint density at radius 3 is 2.52 bits per heavy atom. The highest BCUT2D eigenvalue weighted by Gasteiger charge is 2.26. The Morgan fingerprint density at radius 1 is 1.11 bits per heavy atom. The Balaban J connectivity index is 2.12. The second-order valence-corrected chi connectivity index (χ2v) is 5.96. The van der Waals surface area contributed by atoms with E-state index >= 15 is 0 Å². The summed E-state index contributed by atoms with van der Waals surface area (Å²) in [6.45, 7) is 0. The summed E-state index contributed by atoms with van der Waals surface area (Å²) in [6, 6.07) is 10.8. The van der Waals surface area contributed by atoms with Crippen LogP contribution in [0.1, 0.15) is 15.9 Å². The molecule has 1 aromatic heterocycles. The molecule has 0 radical (unpaired) electrons. The molecule has 0 atom stereocenters. The van der Waals surface area contributed by atoms with Crippen molar-refractivity contribution in [2.45, 2.75) is 0 Å². The first kappa shape index (κ1) is 18.2. The molecule has 0 aliphatic heterocycles. The van der Waals surface area contributed by atoms with E-state index in [0.29, 0.717) is 10.7 Å². The van der Waals surface area contributed by atoms with Gasteiger partial charge in [-0.1, -0.05) is 17.7 Å². The SMILES string of the molecule is O=C(c1ccc(=O)n(-c2cccc(Cl)c2)c1)c1ccc(O)c([N+](=O)[O-])c1O. The van der Waals surface area contributed by atoms with Gasteiger partial charge in [0.1, 0.15) is 0 Å². The summed E-state index contributed by atoms with van der Waals surface area (Å²) < 4.78 is 1.19. The first-order valence-electron chi connectivity index (χ1n) is 7.52. The molecule has 0 spiro atoms. The van der Waals surface area contributed by atoms with Crippen molar-refractivity contribution in [3.8, 4) is 17.2 Å². The average molecular weight is 387 g/mol. The van der Waals surface area contributed by atoms with Gasteiger partial charge in [-0.15, -0.1) is 0 Å². The molecule has 0 fully saturated rings. The molecule has 136 valence electrons. The minimum absolute atomic E-state index is 0.00450. The lowest BCUT2D eigenvalue weighted by Crippen LogP contribution is -2.18. The number of benzene rings is 2. The zero-order valence-electron chi connectivity index (χ0n) is 13.5. The number of ketones is 1. The highest BCUT2D eigenvalue weighted by Crippen LogP contribution is 2.38. The Kier molecular flexibility index (Phi) is 4.66. The number of carbonyl (C=O) groups excluding carboxylic acids is 1. The predicted octanol–water partition coefficient (Wildman–Crippen LogP) is 3.04. The summed E-state index contributed by atoms with van der Waals surface area (Å²) in [4.78, 5) is 34.8. The number of hydrogen-bond donors (Lipinski definition) is 2. The van der Waals surface area contributed by atoms with E-state index in [9.17, 15) is 29.9 Å². The van der Waals surface area contributed by atoms with Crippen molar-refractivity contribution < 1.29 is 19.9 Å². The monoisotopic (exact) mass is 386 g/mol. The van der Waals surface area contributed by atoms with Gasteiger partial charge in [0.15, 0.2) is 11.5 Å². The maximum absolute atomic E-state index is 12.7. The second kappa shape index (κ2) is 6.93. The Morgan fingerprint density at radius 2 is 1.85 bits per heavy atom. The standard InChI is InChI=1S/C18H11ClN2O6/c19-11-2-1-3-12(8-11)20-9-10(4-7-15(20)23)17(24)13-5-6-14(22)16(18(13)25)21(26)27/h1-9,22,25H. The van der Waals surface area contributed by atoms with Crippen LogP contribution in [-0.2, 0) is 0 Å². The van der Waals surface area contributed by atoms with Crippen LogP contribution in [0.4, 0.5) is 5.69 Å². The van der Waals surface area contributed by atoms with Gasteiger partial charge in [-0.3, -0.25) is 24.3 Å². The fourth-order valence-corrected chi connectivity index (χ4v) is 2.72. The molecular weight excluding hydrogens is 376 g/mol. The van der Waals surface area contributed by atoms with Crippen LogP contribution in [0.15, 0.2) is 59.5 Å². The number of rotatable bonds is 4. The van der Waals surface area contributed by atoms with E-state index in [4.69, 9.17) is 11.6 Å². The van der Waals surface area contributed by atoms with Crippen molar-refractivity contribution in [1.29, 1.82) is 0 Å². The minimum Gasteiger partial charge on any atom is -0.502 e. The number of halogens is 1. The predicted molar refractivity (Wildman–Crippen MR) is 96.9 cm³/mol. The van der Waals surface area contributed by atoms with Gasteiger partial charge in [0, 0.05) is 22.8 Å². The topological polar surface area (TPSA) is 123 Å². The Hall–Kier alpha value is -3.65. The number of aromatic hydroxyl groups is 2. The van der Waals surface area contributed by atoms with E-state index in [-0.39, 0.29) is 11.1 Å². The van der Waals surface area contributed by atoms with Crippen LogP contribution in [0.25, 0.3) is 5.69 Å². The van der Waals surface area contributed by atoms with E-state index in [0.717, 1.165) is 18.2 Å². The van der Waals surface area contributed by atoms with Gasteiger partial charge in [0.2, 0.25) is 5.75 Å². The quantitative estimate of drug-likeness (QED) is 0.403. The lowest BCUT2D eigenvalue weighted by atomic mass is 10.0. The molecule has 3 rings (SSSR count). The highest BCUT2D eigenvalue weighted by molar-refractivity contribution is 6.30. The molecule has 3 aromatic rings. The van der Waals surface area contributed by atoms with Crippen LogP contribution >= 0.6 is 11.6 Å². The fraction of sp³-hybridized carbons (Fsp3) is 0. The van der Waals surface area contributed by atoms with E-state index in [1.807, 2.05) is 0 Å². The van der Waals surface area contributed by atoms with Crippen molar-refractivity contribution in [2.24, 2.45) is 0 Å². The van der Waals surface area contributed by atoms with E-state index in [1.165, 1.54) is 22.9 Å². The summed E-state index contributed by atoms with van der Waals surface area (Å²) in [6.07, 6.45) is 1.24. The molecule has 0 unspecified atom stereocenters. The largest absolute Gasteiger partial charge is 0.502 e.